The van der Waals surface area contributed by atoms with Gasteiger partial charge in [-0.15, -0.1) is 0 Å². The summed E-state index contributed by atoms with van der Waals surface area (Å²) in [7, 11) is 0. The maximum Gasteiger partial charge on any atom is 0.0402 e. The Kier molecular flexibility index (Phi) is 3.95. The summed E-state index contributed by atoms with van der Waals surface area (Å²) in [6, 6.07) is 0. The molecule has 27 heavy (non-hydrogen) atoms. The van der Waals surface area contributed by atoms with Crippen LogP contribution in [0.5, 0.6) is 0 Å². The number of fused-ring (bicyclic) bond motifs is 2. The van der Waals surface area contributed by atoms with E-state index in [-0.39, 0.29) is 0 Å². The molecule has 3 aliphatic carbocycles. The minimum absolute atomic E-state index is 0.299. The van der Waals surface area contributed by atoms with E-state index in [1.807, 2.05) is 0 Å². The molecular weight excluding hydrogens is 326 g/mol. The summed E-state index contributed by atoms with van der Waals surface area (Å²) in [6.07, 6.45) is 16.4. The molecule has 0 aromatic carbocycles. The smallest absolute Gasteiger partial charge is 0.0402 e. The molecular formula is C26H39N. The summed E-state index contributed by atoms with van der Waals surface area (Å²) in [5.74, 6) is 2.56. The summed E-state index contributed by atoms with van der Waals surface area (Å²) in [5.41, 5.74) is 7.57. The molecule has 0 amide bonds. The van der Waals surface area contributed by atoms with Crippen LogP contribution >= 0.6 is 0 Å². The van der Waals surface area contributed by atoms with Crippen LogP contribution in [0, 0.1) is 23.2 Å². The van der Waals surface area contributed by atoms with Gasteiger partial charge in [-0.3, -0.25) is 0 Å². The largest absolute Gasteiger partial charge is 0.302 e. The average molecular weight is 366 g/mol. The number of rotatable bonds is 2. The van der Waals surface area contributed by atoms with Crippen LogP contribution < -0.4 is 5.32 Å². The van der Waals surface area contributed by atoms with Crippen molar-refractivity contribution in [2.24, 2.45) is 23.2 Å². The van der Waals surface area contributed by atoms with Crippen molar-refractivity contribution in [3.8, 4) is 0 Å². The number of piperidine rings is 2. The molecule has 2 aliphatic heterocycles. The number of hydrogen-bond donors (Lipinski definition) is 1. The molecule has 0 spiro atoms. The van der Waals surface area contributed by atoms with E-state index in [0.717, 1.165) is 11.8 Å². The summed E-state index contributed by atoms with van der Waals surface area (Å²) in [5, 5.41) is 4.33. The van der Waals surface area contributed by atoms with Gasteiger partial charge in [0.15, 0.2) is 0 Å². The van der Waals surface area contributed by atoms with Crippen molar-refractivity contribution in [1.29, 1.82) is 0 Å². The Labute approximate surface area is 166 Å². The maximum absolute atomic E-state index is 4.33. The third-order valence-corrected chi connectivity index (χ3v) is 9.89. The highest BCUT2D eigenvalue weighted by molar-refractivity contribution is 5.44. The molecule has 2 saturated carbocycles. The molecule has 5 rings (SSSR count). The monoisotopic (exact) mass is 365 g/mol. The molecule has 0 radical (unpaired) electrons. The average Bonchev–Trinajstić information content (AvgIpc) is 3.00. The first kappa shape index (κ1) is 18.2. The van der Waals surface area contributed by atoms with Crippen molar-refractivity contribution in [2.75, 3.05) is 0 Å². The van der Waals surface area contributed by atoms with E-state index in [1.165, 1.54) is 69.8 Å². The van der Waals surface area contributed by atoms with Crippen molar-refractivity contribution in [1.82, 2.24) is 5.32 Å². The van der Waals surface area contributed by atoms with Crippen molar-refractivity contribution in [2.45, 2.75) is 103 Å². The zero-order valence-electron chi connectivity index (χ0n) is 18.1. The fourth-order valence-corrected chi connectivity index (χ4v) is 8.05. The lowest BCUT2D eigenvalue weighted by atomic mass is 9.56. The van der Waals surface area contributed by atoms with Gasteiger partial charge in [0, 0.05) is 11.1 Å². The van der Waals surface area contributed by atoms with Crippen molar-refractivity contribution >= 4 is 0 Å². The second kappa shape index (κ2) is 5.85. The first-order chi connectivity index (χ1) is 12.8. The highest BCUT2D eigenvalue weighted by atomic mass is 15.1. The van der Waals surface area contributed by atoms with Gasteiger partial charge in [0.25, 0.3) is 0 Å². The Hall–Kier alpha value is -0.820. The molecule has 4 fully saturated rings. The van der Waals surface area contributed by atoms with Crippen LogP contribution in [-0.2, 0) is 0 Å². The second-order valence-corrected chi connectivity index (χ2v) is 11.4. The lowest BCUT2D eigenvalue weighted by Gasteiger charge is -2.59. The van der Waals surface area contributed by atoms with Gasteiger partial charge in [0.05, 0.1) is 0 Å². The lowest BCUT2D eigenvalue weighted by Crippen LogP contribution is -2.68. The van der Waals surface area contributed by atoms with E-state index in [9.17, 15) is 0 Å². The van der Waals surface area contributed by atoms with Crippen LogP contribution in [0.25, 0.3) is 0 Å². The SMILES string of the molecule is C=C(C)[C@@H]1CC[C@@]2(C)CC(C34CC[C@H]5CC[C@@H](CC3)C5(C)N4)=CC(C)=C2C1. The van der Waals surface area contributed by atoms with E-state index in [2.05, 4.69) is 45.7 Å². The van der Waals surface area contributed by atoms with Crippen LogP contribution in [0.1, 0.15) is 91.9 Å². The van der Waals surface area contributed by atoms with Gasteiger partial charge in [-0.1, -0.05) is 36.3 Å². The number of allylic oxidation sites excluding steroid dienone is 4. The first-order valence-electron chi connectivity index (χ1n) is 11.6. The summed E-state index contributed by atoms with van der Waals surface area (Å²) < 4.78 is 0. The number of hydrogen-bond acceptors (Lipinski definition) is 1. The Morgan fingerprint density at radius 2 is 1.70 bits per heavy atom. The quantitative estimate of drug-likeness (QED) is 0.536. The van der Waals surface area contributed by atoms with E-state index in [1.54, 1.807) is 16.7 Å². The van der Waals surface area contributed by atoms with Crippen molar-refractivity contribution in [3.63, 3.8) is 0 Å². The maximum atomic E-state index is 4.33. The second-order valence-electron chi connectivity index (χ2n) is 11.4. The van der Waals surface area contributed by atoms with Gasteiger partial charge in [-0.25, -0.2) is 0 Å². The molecule has 2 unspecified atom stereocenters. The fraction of sp³-hybridized carbons (Fsp3) is 0.769. The third-order valence-electron chi connectivity index (χ3n) is 9.89. The van der Waals surface area contributed by atoms with Crippen molar-refractivity contribution < 1.29 is 0 Å². The van der Waals surface area contributed by atoms with Crippen LogP contribution in [0.3, 0.4) is 0 Å². The van der Waals surface area contributed by atoms with E-state index in [4.69, 9.17) is 0 Å². The zero-order valence-corrected chi connectivity index (χ0v) is 18.1. The Balaban J connectivity index is 1.50. The standard InChI is InChI=1S/C26H39N/c1-17(2)19-8-11-24(4)16-22(14-18(3)23(24)15-19)26-12-9-20-6-7-21(10-13-26)25(20,5)27-26/h14,19-21,27H,1,6-13,15-16H2,2-5H3/t19-,20-,21+,24+,25?,26?/m1/s1. The Bertz CT molecular complexity index is 721. The lowest BCUT2D eigenvalue weighted by molar-refractivity contribution is 0.0341. The van der Waals surface area contributed by atoms with Gasteiger partial charge in [0.2, 0.25) is 0 Å². The minimum atomic E-state index is 0.299. The van der Waals surface area contributed by atoms with Gasteiger partial charge in [0.1, 0.15) is 0 Å². The van der Waals surface area contributed by atoms with Crippen molar-refractivity contribution in [3.05, 3.63) is 34.9 Å². The molecule has 0 aromatic heterocycles. The topological polar surface area (TPSA) is 12.0 Å². The number of nitrogens with one attached hydrogen (secondary N) is 1. The minimum Gasteiger partial charge on any atom is -0.302 e. The molecule has 1 heteroatoms. The Morgan fingerprint density at radius 1 is 1.04 bits per heavy atom. The van der Waals surface area contributed by atoms with Gasteiger partial charge in [-0.2, -0.15) is 0 Å². The zero-order chi connectivity index (χ0) is 19.0. The summed E-state index contributed by atoms with van der Waals surface area (Å²) in [6.45, 7) is 14.0. The molecule has 2 saturated heterocycles. The normalized spacial score (nSPS) is 48.9. The molecule has 6 atom stereocenters. The highest BCUT2D eigenvalue weighted by Crippen LogP contribution is 2.59. The molecule has 1 nitrogen and oxygen atoms in total. The predicted molar refractivity (Wildman–Crippen MR) is 115 cm³/mol. The Morgan fingerprint density at radius 3 is 2.33 bits per heavy atom. The predicted octanol–water partition coefficient (Wildman–Crippen LogP) is 6.72. The van der Waals surface area contributed by atoms with E-state index in [0.29, 0.717) is 22.4 Å². The van der Waals surface area contributed by atoms with Gasteiger partial charge < -0.3 is 5.32 Å². The molecule has 2 heterocycles. The van der Waals surface area contributed by atoms with E-state index < -0.39 is 0 Å². The molecule has 5 aliphatic rings. The molecule has 148 valence electrons. The van der Waals surface area contributed by atoms with E-state index >= 15 is 0 Å². The van der Waals surface area contributed by atoms with Gasteiger partial charge >= 0.3 is 0 Å². The summed E-state index contributed by atoms with van der Waals surface area (Å²) in [4.78, 5) is 0. The molecule has 0 aromatic rings. The van der Waals surface area contributed by atoms with Crippen LogP contribution in [-0.4, -0.2) is 11.1 Å². The van der Waals surface area contributed by atoms with Crippen LogP contribution in [0.15, 0.2) is 34.9 Å². The summed E-state index contributed by atoms with van der Waals surface area (Å²) >= 11 is 0. The molecule has 2 bridgehead atoms. The third kappa shape index (κ3) is 2.53. The highest BCUT2D eigenvalue weighted by Gasteiger charge is 2.58. The fourth-order valence-electron chi connectivity index (χ4n) is 8.05. The van der Waals surface area contributed by atoms with Crippen LogP contribution in [0.4, 0.5) is 0 Å². The molecule has 1 N–H and O–H groups in total. The first-order valence-corrected chi connectivity index (χ1v) is 11.6. The van der Waals surface area contributed by atoms with Gasteiger partial charge in [-0.05, 0) is 114 Å². The van der Waals surface area contributed by atoms with Crippen LogP contribution in [0.2, 0.25) is 0 Å².